The van der Waals surface area contributed by atoms with Crippen LogP contribution in [0.3, 0.4) is 0 Å². The molecule has 142 valence electrons. The van der Waals surface area contributed by atoms with Gasteiger partial charge in [-0.25, -0.2) is 0 Å². The van der Waals surface area contributed by atoms with Gasteiger partial charge in [-0.15, -0.1) is 12.4 Å². The van der Waals surface area contributed by atoms with Gasteiger partial charge in [0, 0.05) is 24.7 Å². The van der Waals surface area contributed by atoms with E-state index in [1.807, 2.05) is 25.8 Å². The minimum absolute atomic E-state index is 0. The maximum absolute atomic E-state index is 12.8. The molecule has 0 spiro atoms. The first-order chi connectivity index (χ1) is 11.6. The van der Waals surface area contributed by atoms with Crippen molar-refractivity contribution in [1.82, 2.24) is 10.2 Å². The third-order valence-corrected chi connectivity index (χ3v) is 4.48. The van der Waals surface area contributed by atoms with Crippen molar-refractivity contribution in [2.24, 2.45) is 0 Å². The molecule has 25 heavy (non-hydrogen) atoms. The number of carbonyl (C=O) groups is 1. The van der Waals surface area contributed by atoms with Gasteiger partial charge in [-0.05, 0) is 45.4 Å². The van der Waals surface area contributed by atoms with Crippen LogP contribution in [0.15, 0.2) is 12.1 Å². The number of halogens is 2. The summed E-state index contributed by atoms with van der Waals surface area (Å²) in [5.41, 5.74) is 0.551. The maximum Gasteiger partial charge on any atom is 0.254 e. The summed E-state index contributed by atoms with van der Waals surface area (Å²) >= 11 is 6.35. The van der Waals surface area contributed by atoms with Gasteiger partial charge in [-0.3, -0.25) is 4.79 Å². The van der Waals surface area contributed by atoms with E-state index in [0.717, 1.165) is 32.4 Å². The van der Waals surface area contributed by atoms with Crippen LogP contribution >= 0.6 is 24.0 Å². The molecule has 0 aliphatic carbocycles. The first kappa shape index (κ1) is 21.9. The van der Waals surface area contributed by atoms with Crippen LogP contribution in [0.4, 0.5) is 0 Å². The highest BCUT2D eigenvalue weighted by Crippen LogP contribution is 2.37. The fraction of sp³-hybridized carbons (Fsp3) is 0.611. The van der Waals surface area contributed by atoms with Crippen molar-refractivity contribution in [3.8, 4) is 11.5 Å². The minimum Gasteiger partial charge on any atom is -0.490 e. The molecule has 1 aliphatic heterocycles. The van der Waals surface area contributed by atoms with Gasteiger partial charge in [0.15, 0.2) is 11.5 Å². The number of nitrogens with zero attached hydrogens (tertiary/aromatic N) is 1. The van der Waals surface area contributed by atoms with Crippen molar-refractivity contribution >= 4 is 29.9 Å². The normalized spacial score (nSPS) is 14.8. The molecule has 0 aromatic heterocycles. The molecule has 7 heteroatoms. The smallest absolute Gasteiger partial charge is 0.254 e. The minimum atomic E-state index is -0.00514. The Labute approximate surface area is 161 Å². The number of rotatable bonds is 7. The maximum atomic E-state index is 12.8. The van der Waals surface area contributed by atoms with E-state index < -0.39 is 0 Å². The largest absolute Gasteiger partial charge is 0.490 e. The average molecular weight is 391 g/mol. The molecular weight excluding hydrogens is 363 g/mol. The predicted molar refractivity (Wildman–Crippen MR) is 104 cm³/mol. The third-order valence-electron chi connectivity index (χ3n) is 4.20. The van der Waals surface area contributed by atoms with Gasteiger partial charge < -0.3 is 19.7 Å². The van der Waals surface area contributed by atoms with Crippen molar-refractivity contribution in [3.05, 3.63) is 22.7 Å². The molecule has 1 amide bonds. The lowest BCUT2D eigenvalue weighted by atomic mass is 10.0. The number of nitrogens with one attached hydrogen (secondary N) is 1. The molecule has 1 N–H and O–H groups in total. The predicted octanol–water partition coefficient (Wildman–Crippen LogP) is 3.77. The van der Waals surface area contributed by atoms with Crippen LogP contribution in [0.1, 0.15) is 43.5 Å². The Morgan fingerprint density at radius 1 is 1.28 bits per heavy atom. The fourth-order valence-corrected chi connectivity index (χ4v) is 3.12. The Kier molecular flexibility index (Phi) is 9.39. The summed E-state index contributed by atoms with van der Waals surface area (Å²) in [6.45, 7) is 6.48. The number of benzene rings is 1. The van der Waals surface area contributed by atoms with Crippen molar-refractivity contribution < 1.29 is 14.3 Å². The lowest BCUT2D eigenvalue weighted by Crippen LogP contribution is -2.43. The summed E-state index contributed by atoms with van der Waals surface area (Å²) in [6.07, 6.45) is 2.81. The Morgan fingerprint density at radius 2 is 1.96 bits per heavy atom. The Bertz CT molecular complexity index is 561. The van der Waals surface area contributed by atoms with Gasteiger partial charge in [0.1, 0.15) is 0 Å². The molecule has 0 atom stereocenters. The topological polar surface area (TPSA) is 50.8 Å². The molecule has 0 saturated carbocycles. The van der Waals surface area contributed by atoms with Crippen LogP contribution in [0.2, 0.25) is 5.02 Å². The molecular formula is C18H28Cl2N2O3. The highest BCUT2D eigenvalue weighted by molar-refractivity contribution is 6.32. The monoisotopic (exact) mass is 390 g/mol. The molecule has 1 aromatic carbocycles. The van der Waals surface area contributed by atoms with E-state index in [9.17, 15) is 4.79 Å². The first-order valence-electron chi connectivity index (χ1n) is 8.66. The van der Waals surface area contributed by atoms with Crippen LogP contribution in [0.5, 0.6) is 11.5 Å². The SMILES string of the molecule is CCCOc1c(Cl)cc(C(=O)N2CCC(NC)CC2)cc1OCC.Cl. The van der Waals surface area contributed by atoms with Crippen LogP contribution in [-0.2, 0) is 0 Å². The lowest BCUT2D eigenvalue weighted by Gasteiger charge is -2.32. The molecule has 1 saturated heterocycles. The van der Waals surface area contributed by atoms with Gasteiger partial charge in [-0.1, -0.05) is 18.5 Å². The molecule has 1 heterocycles. The van der Waals surface area contributed by atoms with E-state index in [0.29, 0.717) is 41.3 Å². The highest BCUT2D eigenvalue weighted by Gasteiger charge is 2.24. The number of hydrogen-bond acceptors (Lipinski definition) is 4. The lowest BCUT2D eigenvalue weighted by molar-refractivity contribution is 0.0707. The fourth-order valence-electron chi connectivity index (χ4n) is 2.85. The van der Waals surface area contributed by atoms with Gasteiger partial charge in [0.25, 0.3) is 5.91 Å². The Balaban J connectivity index is 0.00000312. The van der Waals surface area contributed by atoms with Crippen molar-refractivity contribution in [2.45, 2.75) is 39.2 Å². The summed E-state index contributed by atoms with van der Waals surface area (Å²) < 4.78 is 11.3. The van der Waals surface area contributed by atoms with Crippen molar-refractivity contribution in [3.63, 3.8) is 0 Å². The average Bonchev–Trinajstić information content (AvgIpc) is 2.60. The van der Waals surface area contributed by atoms with Gasteiger partial charge in [0.05, 0.1) is 18.2 Å². The molecule has 0 unspecified atom stereocenters. The number of piperidine rings is 1. The number of amides is 1. The zero-order valence-electron chi connectivity index (χ0n) is 15.1. The number of carbonyl (C=O) groups excluding carboxylic acids is 1. The zero-order chi connectivity index (χ0) is 17.5. The summed E-state index contributed by atoms with van der Waals surface area (Å²) in [4.78, 5) is 14.7. The number of ether oxygens (including phenoxy) is 2. The zero-order valence-corrected chi connectivity index (χ0v) is 16.7. The first-order valence-corrected chi connectivity index (χ1v) is 9.04. The van der Waals surface area contributed by atoms with Crippen molar-refractivity contribution in [1.29, 1.82) is 0 Å². The van der Waals surface area contributed by atoms with Crippen LogP contribution in [0.25, 0.3) is 0 Å². The molecule has 2 rings (SSSR count). The molecule has 1 aromatic rings. The Hall–Kier alpha value is -1.17. The Morgan fingerprint density at radius 3 is 2.52 bits per heavy atom. The van der Waals surface area contributed by atoms with Gasteiger partial charge in [0.2, 0.25) is 0 Å². The molecule has 0 bridgehead atoms. The second kappa shape index (κ2) is 10.7. The summed E-state index contributed by atoms with van der Waals surface area (Å²) in [5.74, 6) is 1.05. The number of hydrogen-bond donors (Lipinski definition) is 1. The summed E-state index contributed by atoms with van der Waals surface area (Å²) in [7, 11) is 1.96. The standard InChI is InChI=1S/C18H27ClN2O3.ClH/c1-4-10-24-17-15(19)11-13(12-16(17)23-5-2)18(22)21-8-6-14(20-3)7-9-21;/h11-12,14,20H,4-10H2,1-3H3;1H. The quantitative estimate of drug-likeness (QED) is 0.769. The molecule has 1 fully saturated rings. The molecule has 0 radical (unpaired) electrons. The second-order valence-corrected chi connectivity index (χ2v) is 6.33. The van der Waals surface area contributed by atoms with Crippen LogP contribution < -0.4 is 14.8 Å². The van der Waals surface area contributed by atoms with Crippen LogP contribution in [0, 0.1) is 0 Å². The van der Waals surface area contributed by atoms with Crippen molar-refractivity contribution in [2.75, 3.05) is 33.4 Å². The third kappa shape index (κ3) is 5.66. The van der Waals surface area contributed by atoms with Crippen LogP contribution in [-0.4, -0.2) is 50.2 Å². The summed E-state index contributed by atoms with van der Waals surface area (Å²) in [5, 5.41) is 3.69. The van der Waals surface area contributed by atoms with Gasteiger partial charge in [-0.2, -0.15) is 0 Å². The van der Waals surface area contributed by atoms with E-state index in [1.165, 1.54) is 0 Å². The van der Waals surface area contributed by atoms with Gasteiger partial charge >= 0.3 is 0 Å². The highest BCUT2D eigenvalue weighted by atomic mass is 35.5. The van der Waals surface area contributed by atoms with E-state index in [2.05, 4.69) is 5.32 Å². The van der Waals surface area contributed by atoms with E-state index in [1.54, 1.807) is 12.1 Å². The molecule has 1 aliphatic rings. The van der Waals surface area contributed by atoms with E-state index in [-0.39, 0.29) is 18.3 Å². The van der Waals surface area contributed by atoms with E-state index in [4.69, 9.17) is 21.1 Å². The second-order valence-electron chi connectivity index (χ2n) is 5.92. The molecule has 5 nitrogen and oxygen atoms in total. The number of likely N-dealkylation sites (tertiary alicyclic amines) is 1. The van der Waals surface area contributed by atoms with E-state index >= 15 is 0 Å². The summed E-state index contributed by atoms with van der Waals surface area (Å²) in [6, 6.07) is 3.91.